The third-order valence-corrected chi connectivity index (χ3v) is 3.55. The highest BCUT2D eigenvalue weighted by molar-refractivity contribution is 5.62. The van der Waals surface area contributed by atoms with Gasteiger partial charge >= 0.3 is 0 Å². The number of benzene rings is 1. The number of likely N-dealkylation sites (N-methyl/N-ethyl adjacent to an activating group) is 1. The van der Waals surface area contributed by atoms with Gasteiger partial charge < -0.3 is 19.7 Å². The van der Waals surface area contributed by atoms with E-state index in [0.29, 0.717) is 19.3 Å². The van der Waals surface area contributed by atoms with E-state index in [0.717, 1.165) is 24.6 Å². The van der Waals surface area contributed by atoms with E-state index < -0.39 is 0 Å². The van der Waals surface area contributed by atoms with Gasteiger partial charge in [-0.25, -0.2) is 0 Å². The smallest absolute Gasteiger partial charge is 0.163 e. The summed E-state index contributed by atoms with van der Waals surface area (Å²) in [5.74, 6) is 1.74. The minimum absolute atomic E-state index is 0.594. The first-order valence-corrected chi connectivity index (χ1v) is 6.09. The number of fused-ring (bicyclic) bond motifs is 1. The summed E-state index contributed by atoms with van der Waals surface area (Å²) < 4.78 is 11.2. The first-order valence-electron chi connectivity index (χ1n) is 6.09. The molecule has 2 aliphatic heterocycles. The summed E-state index contributed by atoms with van der Waals surface area (Å²) in [6, 6.07) is 4.77. The maximum atomic E-state index is 5.63. The van der Waals surface area contributed by atoms with Crippen molar-refractivity contribution in [1.82, 2.24) is 5.32 Å². The minimum atomic E-state index is 0.594. The van der Waals surface area contributed by atoms with Crippen molar-refractivity contribution in [2.75, 3.05) is 38.3 Å². The normalized spacial score (nSPS) is 18.7. The van der Waals surface area contributed by atoms with Crippen LogP contribution in [0.2, 0.25) is 0 Å². The third-order valence-electron chi connectivity index (χ3n) is 3.55. The molecule has 1 saturated heterocycles. The number of aryl methyl sites for hydroxylation is 1. The molecule has 0 radical (unpaired) electrons. The Labute approximate surface area is 102 Å². The van der Waals surface area contributed by atoms with Crippen LogP contribution in [-0.2, 0) is 0 Å². The summed E-state index contributed by atoms with van der Waals surface area (Å²) in [5.41, 5.74) is 2.48. The lowest BCUT2D eigenvalue weighted by atomic mass is 10.1. The maximum Gasteiger partial charge on any atom is 0.163 e. The zero-order valence-corrected chi connectivity index (χ0v) is 10.3. The molecule has 4 heteroatoms. The Morgan fingerprint density at radius 2 is 1.82 bits per heavy atom. The fourth-order valence-corrected chi connectivity index (χ4v) is 2.30. The van der Waals surface area contributed by atoms with Crippen LogP contribution in [0.25, 0.3) is 0 Å². The van der Waals surface area contributed by atoms with E-state index in [2.05, 4.69) is 36.3 Å². The molecule has 0 saturated carbocycles. The molecule has 92 valence electrons. The molecule has 0 unspecified atom stereocenters. The van der Waals surface area contributed by atoms with E-state index in [1.807, 2.05) is 0 Å². The fraction of sp³-hybridized carbons (Fsp3) is 0.538. The molecule has 0 aromatic heterocycles. The SMILES string of the molecule is Cc1cc2c(cc1N(C)C1CNC1)OCCO2. The van der Waals surface area contributed by atoms with E-state index in [1.165, 1.54) is 11.3 Å². The Balaban J connectivity index is 1.92. The van der Waals surface area contributed by atoms with Gasteiger partial charge in [-0.05, 0) is 18.6 Å². The first-order chi connectivity index (χ1) is 8.25. The quantitative estimate of drug-likeness (QED) is 0.833. The summed E-state index contributed by atoms with van der Waals surface area (Å²) in [5, 5.41) is 3.30. The summed E-state index contributed by atoms with van der Waals surface area (Å²) in [4.78, 5) is 2.32. The van der Waals surface area contributed by atoms with Crippen LogP contribution in [0.4, 0.5) is 5.69 Å². The molecule has 4 nitrogen and oxygen atoms in total. The molecule has 0 aliphatic carbocycles. The Kier molecular flexibility index (Phi) is 2.59. The second-order valence-corrected chi connectivity index (χ2v) is 4.71. The van der Waals surface area contributed by atoms with Crippen molar-refractivity contribution >= 4 is 5.69 Å². The average Bonchev–Trinajstić information content (AvgIpc) is 2.25. The summed E-state index contributed by atoms with van der Waals surface area (Å²) in [6.45, 7) is 5.53. The number of nitrogens with zero attached hydrogens (tertiary/aromatic N) is 1. The third kappa shape index (κ3) is 1.82. The maximum absolute atomic E-state index is 5.63. The van der Waals surface area contributed by atoms with Crippen LogP contribution in [-0.4, -0.2) is 39.4 Å². The number of anilines is 1. The topological polar surface area (TPSA) is 33.7 Å². The molecule has 1 aromatic carbocycles. The van der Waals surface area contributed by atoms with Crippen molar-refractivity contribution in [2.45, 2.75) is 13.0 Å². The number of rotatable bonds is 2. The molecule has 1 N–H and O–H groups in total. The van der Waals surface area contributed by atoms with Crippen LogP contribution < -0.4 is 19.7 Å². The highest BCUT2D eigenvalue weighted by Crippen LogP contribution is 2.37. The van der Waals surface area contributed by atoms with Crippen LogP contribution in [0, 0.1) is 6.92 Å². The van der Waals surface area contributed by atoms with Crippen molar-refractivity contribution in [1.29, 1.82) is 0 Å². The Bertz CT molecular complexity index is 430. The van der Waals surface area contributed by atoms with Gasteiger partial charge in [0.1, 0.15) is 13.2 Å². The lowest BCUT2D eigenvalue weighted by molar-refractivity contribution is 0.171. The van der Waals surface area contributed by atoms with E-state index in [1.54, 1.807) is 0 Å². The van der Waals surface area contributed by atoms with Gasteiger partial charge in [0.15, 0.2) is 11.5 Å². The molecule has 0 spiro atoms. The first kappa shape index (κ1) is 10.7. The fourth-order valence-electron chi connectivity index (χ4n) is 2.30. The largest absolute Gasteiger partial charge is 0.486 e. The van der Waals surface area contributed by atoms with E-state index in [4.69, 9.17) is 9.47 Å². The van der Waals surface area contributed by atoms with Gasteiger partial charge in [-0.1, -0.05) is 0 Å². The number of nitrogens with one attached hydrogen (secondary N) is 1. The molecule has 2 heterocycles. The van der Waals surface area contributed by atoms with E-state index in [-0.39, 0.29) is 0 Å². The predicted molar refractivity (Wildman–Crippen MR) is 67.2 cm³/mol. The molecule has 1 aromatic rings. The number of hydrogen-bond donors (Lipinski definition) is 1. The van der Waals surface area contributed by atoms with Crippen LogP contribution >= 0.6 is 0 Å². The van der Waals surface area contributed by atoms with Crippen molar-refractivity contribution in [3.05, 3.63) is 17.7 Å². The van der Waals surface area contributed by atoms with Gasteiger partial charge in [-0.2, -0.15) is 0 Å². The number of ether oxygens (including phenoxy) is 2. The molecule has 17 heavy (non-hydrogen) atoms. The van der Waals surface area contributed by atoms with Crippen LogP contribution in [0.5, 0.6) is 11.5 Å². The van der Waals surface area contributed by atoms with Crippen LogP contribution in [0.3, 0.4) is 0 Å². The van der Waals surface area contributed by atoms with E-state index in [9.17, 15) is 0 Å². The lowest BCUT2D eigenvalue weighted by Gasteiger charge is -2.38. The molecular formula is C13H18N2O2. The highest BCUT2D eigenvalue weighted by Gasteiger charge is 2.24. The van der Waals surface area contributed by atoms with E-state index >= 15 is 0 Å². The highest BCUT2D eigenvalue weighted by atomic mass is 16.6. The van der Waals surface area contributed by atoms with Crippen LogP contribution in [0.1, 0.15) is 5.56 Å². The molecular weight excluding hydrogens is 216 g/mol. The molecule has 2 aliphatic rings. The summed E-state index contributed by atoms with van der Waals surface area (Å²) in [7, 11) is 2.14. The van der Waals surface area contributed by atoms with Gasteiger partial charge in [0.05, 0.1) is 6.04 Å². The second-order valence-electron chi connectivity index (χ2n) is 4.71. The van der Waals surface area contributed by atoms with Crippen molar-refractivity contribution < 1.29 is 9.47 Å². The lowest BCUT2D eigenvalue weighted by Crippen LogP contribution is -2.56. The zero-order chi connectivity index (χ0) is 11.8. The second kappa shape index (κ2) is 4.11. The van der Waals surface area contributed by atoms with Gasteiger partial charge in [0.2, 0.25) is 0 Å². The van der Waals surface area contributed by atoms with Crippen molar-refractivity contribution in [3.63, 3.8) is 0 Å². The summed E-state index contributed by atoms with van der Waals surface area (Å²) >= 11 is 0. The monoisotopic (exact) mass is 234 g/mol. The zero-order valence-electron chi connectivity index (χ0n) is 10.3. The molecule has 1 fully saturated rings. The molecule has 3 rings (SSSR count). The minimum Gasteiger partial charge on any atom is -0.486 e. The standard InChI is InChI=1S/C13H18N2O2/c1-9-5-12-13(17-4-3-16-12)6-11(9)15(2)10-7-14-8-10/h5-6,10,14H,3-4,7-8H2,1-2H3. The summed E-state index contributed by atoms with van der Waals surface area (Å²) in [6.07, 6.45) is 0. The molecule has 0 atom stereocenters. The Morgan fingerprint density at radius 3 is 2.41 bits per heavy atom. The van der Waals surface area contributed by atoms with Crippen LogP contribution in [0.15, 0.2) is 12.1 Å². The predicted octanol–water partition coefficient (Wildman–Crippen LogP) is 1.17. The van der Waals surface area contributed by atoms with Crippen molar-refractivity contribution in [2.24, 2.45) is 0 Å². The number of hydrogen-bond acceptors (Lipinski definition) is 4. The Hall–Kier alpha value is -1.42. The molecule has 0 amide bonds. The van der Waals surface area contributed by atoms with Gasteiger partial charge in [-0.3, -0.25) is 0 Å². The van der Waals surface area contributed by atoms with Gasteiger partial charge in [0, 0.05) is 31.9 Å². The Morgan fingerprint density at radius 1 is 1.18 bits per heavy atom. The van der Waals surface area contributed by atoms with Gasteiger partial charge in [0.25, 0.3) is 0 Å². The van der Waals surface area contributed by atoms with Crippen molar-refractivity contribution in [3.8, 4) is 11.5 Å². The van der Waals surface area contributed by atoms with Gasteiger partial charge in [-0.15, -0.1) is 0 Å². The molecule has 0 bridgehead atoms. The average molecular weight is 234 g/mol.